The van der Waals surface area contributed by atoms with Gasteiger partial charge in [-0.2, -0.15) is 0 Å². The molecule has 0 saturated heterocycles. The quantitative estimate of drug-likeness (QED) is 0.733. The number of amides is 2. The van der Waals surface area contributed by atoms with Crippen LogP contribution in [0.4, 0.5) is 5.69 Å². The van der Waals surface area contributed by atoms with Crippen LogP contribution in [0.5, 0.6) is 0 Å². The number of nitrogens with two attached hydrogens (primary N) is 2. The Labute approximate surface area is 114 Å². The van der Waals surface area contributed by atoms with Crippen molar-refractivity contribution in [1.29, 1.82) is 0 Å². The van der Waals surface area contributed by atoms with E-state index in [-0.39, 0.29) is 12.3 Å². The van der Waals surface area contributed by atoms with Crippen LogP contribution in [-0.2, 0) is 4.79 Å². The van der Waals surface area contributed by atoms with E-state index in [9.17, 15) is 9.59 Å². The summed E-state index contributed by atoms with van der Waals surface area (Å²) in [4.78, 5) is 22.9. The van der Waals surface area contributed by atoms with Crippen molar-refractivity contribution in [3.05, 3.63) is 28.2 Å². The molecule has 1 aromatic carbocycles. The molecule has 0 fully saturated rings. The molecule has 6 heteroatoms. The highest BCUT2D eigenvalue weighted by molar-refractivity contribution is 9.10. The third kappa shape index (κ3) is 4.37. The Bertz CT molecular complexity index is 466. The van der Waals surface area contributed by atoms with Crippen molar-refractivity contribution >= 4 is 33.4 Å². The number of hydrogen-bond donors (Lipinski definition) is 3. The number of hydrogen-bond acceptors (Lipinski definition) is 3. The maximum absolute atomic E-state index is 12.0. The Balaban J connectivity index is 2.85. The number of carbonyl (C=O) groups is 2. The third-order valence-corrected chi connectivity index (χ3v) is 2.71. The lowest BCUT2D eigenvalue weighted by molar-refractivity contribution is -0.119. The number of primary amides is 1. The zero-order chi connectivity index (χ0) is 13.9. The van der Waals surface area contributed by atoms with Crippen LogP contribution < -0.4 is 16.8 Å². The smallest absolute Gasteiger partial charge is 0.251 e. The van der Waals surface area contributed by atoms with Crippen LogP contribution in [0.15, 0.2) is 22.7 Å². The van der Waals surface area contributed by atoms with E-state index in [0.29, 0.717) is 11.3 Å². The zero-order valence-corrected chi connectivity index (χ0v) is 11.9. The Morgan fingerprint density at radius 3 is 2.44 bits per heavy atom. The summed E-state index contributed by atoms with van der Waals surface area (Å²) in [6.07, 6.45) is 0.0717. The molecule has 0 unspecified atom stereocenters. The Kier molecular flexibility index (Phi) is 4.34. The maximum Gasteiger partial charge on any atom is 0.251 e. The van der Waals surface area contributed by atoms with E-state index in [4.69, 9.17) is 11.5 Å². The summed E-state index contributed by atoms with van der Waals surface area (Å²) in [5.74, 6) is -0.761. The van der Waals surface area contributed by atoms with Crippen molar-refractivity contribution in [2.75, 3.05) is 5.73 Å². The average Bonchev–Trinajstić information content (AvgIpc) is 2.12. The summed E-state index contributed by atoms with van der Waals surface area (Å²) >= 11 is 3.27. The first kappa shape index (κ1) is 14.5. The molecule has 18 heavy (non-hydrogen) atoms. The van der Waals surface area contributed by atoms with Crippen LogP contribution >= 0.6 is 15.9 Å². The summed E-state index contributed by atoms with van der Waals surface area (Å²) in [5, 5.41) is 2.74. The van der Waals surface area contributed by atoms with Crippen molar-refractivity contribution in [3.63, 3.8) is 0 Å². The maximum atomic E-state index is 12.0. The van der Waals surface area contributed by atoms with E-state index in [0.717, 1.165) is 4.47 Å². The van der Waals surface area contributed by atoms with Crippen molar-refractivity contribution in [3.8, 4) is 0 Å². The Morgan fingerprint density at radius 1 is 1.33 bits per heavy atom. The molecule has 5 nitrogen and oxygen atoms in total. The van der Waals surface area contributed by atoms with Crippen LogP contribution in [0, 0.1) is 0 Å². The molecule has 0 aliphatic heterocycles. The van der Waals surface area contributed by atoms with Crippen molar-refractivity contribution in [2.45, 2.75) is 25.8 Å². The van der Waals surface area contributed by atoms with Gasteiger partial charge in [-0.15, -0.1) is 0 Å². The van der Waals surface area contributed by atoms with Gasteiger partial charge in [0.15, 0.2) is 0 Å². The van der Waals surface area contributed by atoms with Crippen LogP contribution in [0.3, 0.4) is 0 Å². The molecule has 0 atom stereocenters. The zero-order valence-electron chi connectivity index (χ0n) is 10.3. The molecule has 0 aliphatic carbocycles. The second kappa shape index (κ2) is 5.39. The fourth-order valence-corrected chi connectivity index (χ4v) is 2.11. The van der Waals surface area contributed by atoms with Gasteiger partial charge in [0.1, 0.15) is 0 Å². The van der Waals surface area contributed by atoms with E-state index in [2.05, 4.69) is 21.2 Å². The van der Waals surface area contributed by atoms with Gasteiger partial charge in [0.05, 0.1) is 0 Å². The first-order valence-corrected chi connectivity index (χ1v) is 6.16. The molecule has 0 spiro atoms. The van der Waals surface area contributed by atoms with Gasteiger partial charge >= 0.3 is 0 Å². The summed E-state index contributed by atoms with van der Waals surface area (Å²) in [7, 11) is 0. The van der Waals surface area contributed by atoms with Crippen LogP contribution in [0.25, 0.3) is 0 Å². The summed E-state index contributed by atoms with van der Waals surface area (Å²) in [6.45, 7) is 3.47. The molecular weight excluding hydrogens is 298 g/mol. The van der Waals surface area contributed by atoms with Gasteiger partial charge in [-0.25, -0.2) is 0 Å². The molecule has 5 N–H and O–H groups in total. The number of nitrogens with one attached hydrogen (secondary N) is 1. The lowest BCUT2D eigenvalue weighted by atomic mass is 9.99. The molecule has 98 valence electrons. The third-order valence-electron chi connectivity index (χ3n) is 2.25. The van der Waals surface area contributed by atoms with E-state index >= 15 is 0 Å². The highest BCUT2D eigenvalue weighted by atomic mass is 79.9. The topological polar surface area (TPSA) is 98.2 Å². The second-order valence-electron chi connectivity index (χ2n) is 4.75. The fraction of sp³-hybridized carbons (Fsp3) is 0.333. The number of halogens is 1. The molecule has 0 saturated carbocycles. The molecular formula is C12H16BrN3O2. The highest BCUT2D eigenvalue weighted by Crippen LogP contribution is 2.18. The summed E-state index contributed by atoms with van der Waals surface area (Å²) in [5.41, 5.74) is 11.0. The number of nitrogen functional groups attached to an aromatic ring is 1. The monoisotopic (exact) mass is 313 g/mol. The van der Waals surface area contributed by atoms with E-state index in [1.54, 1.807) is 32.0 Å². The number of rotatable bonds is 4. The number of anilines is 1. The molecule has 0 aromatic heterocycles. The average molecular weight is 314 g/mol. The predicted molar refractivity (Wildman–Crippen MR) is 73.9 cm³/mol. The molecule has 1 aromatic rings. The molecule has 0 bridgehead atoms. The largest absolute Gasteiger partial charge is 0.399 e. The van der Waals surface area contributed by atoms with Gasteiger partial charge in [-0.3, -0.25) is 9.59 Å². The number of carbonyl (C=O) groups excluding carboxylic acids is 2. The SMILES string of the molecule is CC(C)(CC(N)=O)NC(=O)c1cc(N)cc(Br)c1. The predicted octanol–water partition coefficient (Wildman–Crippen LogP) is 1.42. The summed E-state index contributed by atoms with van der Waals surface area (Å²) in [6, 6.07) is 4.93. The van der Waals surface area contributed by atoms with Gasteiger partial charge in [0.25, 0.3) is 5.91 Å². The van der Waals surface area contributed by atoms with Crippen LogP contribution in [0.1, 0.15) is 30.6 Å². The Hall–Kier alpha value is -1.56. The first-order valence-electron chi connectivity index (χ1n) is 5.36. The normalized spacial score (nSPS) is 11.1. The molecule has 0 heterocycles. The van der Waals surface area contributed by atoms with E-state index in [1.807, 2.05) is 0 Å². The molecule has 2 amide bonds. The van der Waals surface area contributed by atoms with Gasteiger partial charge in [-0.1, -0.05) is 15.9 Å². The van der Waals surface area contributed by atoms with Gasteiger partial charge in [0.2, 0.25) is 5.91 Å². The van der Waals surface area contributed by atoms with Gasteiger partial charge < -0.3 is 16.8 Å². The van der Waals surface area contributed by atoms with E-state index < -0.39 is 11.4 Å². The molecule has 0 aliphatic rings. The second-order valence-corrected chi connectivity index (χ2v) is 5.67. The summed E-state index contributed by atoms with van der Waals surface area (Å²) < 4.78 is 0.723. The minimum atomic E-state index is -0.694. The lowest BCUT2D eigenvalue weighted by Gasteiger charge is -2.24. The highest BCUT2D eigenvalue weighted by Gasteiger charge is 2.23. The van der Waals surface area contributed by atoms with Crippen LogP contribution in [0.2, 0.25) is 0 Å². The van der Waals surface area contributed by atoms with E-state index in [1.165, 1.54) is 0 Å². The number of benzene rings is 1. The van der Waals surface area contributed by atoms with Gasteiger partial charge in [-0.05, 0) is 32.0 Å². The molecule has 1 rings (SSSR count). The van der Waals surface area contributed by atoms with Crippen molar-refractivity contribution in [1.82, 2.24) is 5.32 Å². The Morgan fingerprint density at radius 2 is 1.94 bits per heavy atom. The standard InChI is InChI=1S/C12H16BrN3O2/c1-12(2,6-10(15)17)16-11(18)7-3-8(13)5-9(14)4-7/h3-5H,6,14H2,1-2H3,(H2,15,17)(H,16,18). The lowest BCUT2D eigenvalue weighted by Crippen LogP contribution is -2.46. The minimum Gasteiger partial charge on any atom is -0.399 e. The molecule has 0 radical (unpaired) electrons. The van der Waals surface area contributed by atoms with Crippen molar-refractivity contribution < 1.29 is 9.59 Å². The van der Waals surface area contributed by atoms with Crippen LogP contribution in [-0.4, -0.2) is 17.4 Å². The van der Waals surface area contributed by atoms with Crippen molar-refractivity contribution in [2.24, 2.45) is 5.73 Å². The fourth-order valence-electron chi connectivity index (χ4n) is 1.60. The minimum absolute atomic E-state index is 0.0717. The van der Waals surface area contributed by atoms with Gasteiger partial charge in [0, 0.05) is 27.7 Å². The first-order chi connectivity index (χ1) is 8.19.